The molecule has 2 heterocycles. The first-order chi connectivity index (χ1) is 39.4. The molecule has 2 aliphatic heterocycles. The first kappa shape index (κ1) is 68.3. The van der Waals surface area contributed by atoms with E-state index in [1.54, 1.807) is 71.0 Å². The maximum atomic E-state index is 14.3. The van der Waals surface area contributed by atoms with Gasteiger partial charge in [0.25, 0.3) is 11.8 Å². The fraction of sp³-hybridized carbons (Fsp3) is 0.607. The number of likely N-dealkylation sites (N-methyl/N-ethyl adjacent to an activating group) is 2. The van der Waals surface area contributed by atoms with Gasteiger partial charge >= 0.3 is 6.09 Å². The molecule has 2 aliphatic rings. The van der Waals surface area contributed by atoms with Crippen LogP contribution in [0.2, 0.25) is 0 Å². The maximum Gasteiger partial charge on any atom is 0.410 e. The number of anilines is 1. The number of ether oxygens (including phenoxy) is 3. The van der Waals surface area contributed by atoms with Gasteiger partial charge in [0.2, 0.25) is 41.4 Å². The fourth-order valence-corrected chi connectivity index (χ4v) is 10.7. The molecule has 10 amide bonds. The number of carbonyl (C=O) groups excluding carboxylic acids is 10. The molecule has 0 aliphatic carbocycles. The van der Waals surface area contributed by atoms with Crippen molar-refractivity contribution in [3.05, 3.63) is 77.9 Å². The summed E-state index contributed by atoms with van der Waals surface area (Å²) in [4.78, 5) is 137. The Morgan fingerprint density at radius 3 is 1.96 bits per heavy atom. The smallest absolute Gasteiger partial charge is 0.410 e. The second-order valence-electron chi connectivity index (χ2n) is 22.5. The molecule has 1 fully saturated rings. The van der Waals surface area contributed by atoms with Crippen LogP contribution in [0.3, 0.4) is 0 Å². The zero-order valence-corrected chi connectivity index (χ0v) is 50.7. The summed E-state index contributed by atoms with van der Waals surface area (Å²) in [5, 5.41) is 13.8. The van der Waals surface area contributed by atoms with Crippen molar-refractivity contribution in [3.8, 4) is 0 Å². The SMILES string of the molecule is CC[C@H](C)[C@@H]([C@@H](CC(=O)N1CCC[C@H]1[C@H](OC)[C@@H](C)C(=O)N[C@H](C)Cc1ccccc1)OC)N(C)C(=O)CNC(=O)C(C(C)C)N(C)C(=O)OCc1ccc(NC(=O)CNC(=O)C(NC(=O)CCCCCN2C(=O)C=CC2=O)C(C)C)cc1. The zero-order valence-electron chi connectivity index (χ0n) is 50.7. The van der Waals surface area contributed by atoms with E-state index >= 15 is 0 Å². The molecule has 2 aromatic carbocycles. The van der Waals surface area contributed by atoms with Crippen LogP contribution in [0, 0.1) is 23.7 Å². The largest absolute Gasteiger partial charge is 0.445 e. The van der Waals surface area contributed by atoms with E-state index in [1.807, 2.05) is 58.0 Å². The Hall–Kier alpha value is -7.20. The predicted molar refractivity (Wildman–Crippen MR) is 313 cm³/mol. The van der Waals surface area contributed by atoms with Crippen molar-refractivity contribution in [1.29, 1.82) is 0 Å². The third kappa shape index (κ3) is 20.6. The number of amides is 10. The van der Waals surface area contributed by atoms with Gasteiger partial charge in [-0.25, -0.2) is 4.79 Å². The number of hydrogen-bond acceptors (Lipinski definition) is 13. The van der Waals surface area contributed by atoms with Gasteiger partial charge in [0.1, 0.15) is 18.7 Å². The number of benzene rings is 2. The standard InChI is InChI=1S/C61H91N9O13/c1-13-40(6)56(47(81-11)34-52(75)69-32-20-23-46(69)57(82-12)42(8)58(77)64-41(7)33-43-21-16-14-17-22-43)67(9)53(76)36-63-60(79)55(39(4)5)68(10)61(80)83-37-44-25-27-45(28-26-44)65-49(72)35-62-59(78)54(38(2)3)66-48(71)24-18-15-19-31-70-50(73)29-30-51(70)74/h14,16-17,21-22,25-30,38-42,46-47,54-57H,13,15,18-20,23-24,31-37H2,1-12H3,(H,62,78)(H,63,79)(H,64,77)(H,65,72)(H,66,71)/t40-,41+,42+,46-,47+,54?,55?,56-,57+/m0/s1. The van der Waals surface area contributed by atoms with Crippen LogP contribution in [0.4, 0.5) is 10.5 Å². The molecule has 2 unspecified atom stereocenters. The third-order valence-electron chi connectivity index (χ3n) is 15.6. The van der Waals surface area contributed by atoms with Crippen LogP contribution < -0.4 is 26.6 Å². The molecule has 5 N–H and O–H groups in total. The summed E-state index contributed by atoms with van der Waals surface area (Å²) in [5.41, 5.74) is 2.09. The number of unbranched alkanes of at least 4 members (excludes halogenated alkanes) is 2. The molecule has 2 aromatic rings. The van der Waals surface area contributed by atoms with Gasteiger partial charge in [0, 0.05) is 71.7 Å². The normalized spacial score (nSPS) is 17.0. The van der Waals surface area contributed by atoms with Crippen molar-refractivity contribution >= 4 is 64.9 Å². The van der Waals surface area contributed by atoms with Gasteiger partial charge < -0.3 is 50.6 Å². The van der Waals surface area contributed by atoms with Gasteiger partial charge in [0.05, 0.1) is 49.7 Å². The van der Waals surface area contributed by atoms with Crippen molar-refractivity contribution in [3.63, 3.8) is 0 Å². The van der Waals surface area contributed by atoms with Crippen molar-refractivity contribution in [2.24, 2.45) is 23.7 Å². The van der Waals surface area contributed by atoms with E-state index in [-0.39, 0.29) is 91.9 Å². The molecule has 458 valence electrons. The van der Waals surface area contributed by atoms with Crippen molar-refractivity contribution < 1.29 is 62.2 Å². The summed E-state index contributed by atoms with van der Waals surface area (Å²) in [6.07, 6.45) is 4.87. The number of likely N-dealkylation sites (tertiary alicyclic amines) is 1. The lowest BCUT2D eigenvalue weighted by atomic mass is 9.90. The lowest BCUT2D eigenvalue weighted by Crippen LogP contribution is -2.56. The van der Waals surface area contributed by atoms with E-state index in [0.717, 1.165) is 16.9 Å². The molecule has 0 radical (unpaired) electrons. The molecule has 22 heteroatoms. The number of hydrogen-bond donors (Lipinski definition) is 5. The number of imide groups is 1. The highest BCUT2D eigenvalue weighted by atomic mass is 16.6. The number of nitrogens with one attached hydrogen (secondary N) is 5. The van der Waals surface area contributed by atoms with Crippen LogP contribution in [0.5, 0.6) is 0 Å². The Balaban J connectivity index is 1.24. The highest BCUT2D eigenvalue weighted by Crippen LogP contribution is 2.30. The van der Waals surface area contributed by atoms with Crippen LogP contribution in [0.15, 0.2) is 66.7 Å². The average Bonchev–Trinajstić information content (AvgIpc) is 4.28. The van der Waals surface area contributed by atoms with Gasteiger partial charge in [0.15, 0.2) is 0 Å². The number of rotatable bonds is 33. The zero-order chi connectivity index (χ0) is 61.5. The molecule has 9 atom stereocenters. The maximum absolute atomic E-state index is 14.3. The van der Waals surface area contributed by atoms with Gasteiger partial charge in [-0.05, 0) is 80.0 Å². The average molecular weight is 1160 g/mol. The second-order valence-corrected chi connectivity index (χ2v) is 22.5. The van der Waals surface area contributed by atoms with Crippen molar-refractivity contribution in [1.82, 2.24) is 40.9 Å². The highest BCUT2D eigenvalue weighted by Gasteiger charge is 2.42. The van der Waals surface area contributed by atoms with E-state index in [2.05, 4.69) is 26.6 Å². The Kier molecular flexibility index (Phi) is 27.8. The second kappa shape index (κ2) is 33.8. The van der Waals surface area contributed by atoms with E-state index in [9.17, 15) is 47.9 Å². The minimum absolute atomic E-state index is 0.0359. The third-order valence-corrected chi connectivity index (χ3v) is 15.6. The van der Waals surface area contributed by atoms with E-state index in [4.69, 9.17) is 14.2 Å². The molecule has 22 nitrogen and oxygen atoms in total. The Bertz CT molecular complexity index is 2530. The lowest BCUT2D eigenvalue weighted by Gasteiger charge is -2.39. The monoisotopic (exact) mass is 1160 g/mol. The summed E-state index contributed by atoms with van der Waals surface area (Å²) in [7, 11) is 6.13. The van der Waals surface area contributed by atoms with Crippen molar-refractivity contribution in [2.75, 3.05) is 59.8 Å². The molecule has 0 spiro atoms. The lowest BCUT2D eigenvalue weighted by molar-refractivity contribution is -0.146. The molecule has 0 saturated carbocycles. The Morgan fingerprint density at radius 1 is 0.711 bits per heavy atom. The number of carbonyl (C=O) groups is 10. The van der Waals surface area contributed by atoms with Crippen LogP contribution in [-0.2, 0) is 70.4 Å². The van der Waals surface area contributed by atoms with E-state index in [0.29, 0.717) is 56.3 Å². The summed E-state index contributed by atoms with van der Waals surface area (Å²) in [6, 6.07) is 13.5. The fourth-order valence-electron chi connectivity index (χ4n) is 10.7. The summed E-state index contributed by atoms with van der Waals surface area (Å²) >= 11 is 0. The van der Waals surface area contributed by atoms with Gasteiger partial charge in [-0.2, -0.15) is 0 Å². The first-order valence-electron chi connectivity index (χ1n) is 29.0. The quantitative estimate of drug-likeness (QED) is 0.0478. The molecule has 83 heavy (non-hydrogen) atoms. The van der Waals surface area contributed by atoms with Crippen molar-refractivity contribution in [2.45, 2.75) is 162 Å². The van der Waals surface area contributed by atoms with Crippen LogP contribution in [0.1, 0.15) is 118 Å². The van der Waals surface area contributed by atoms with Crippen LogP contribution >= 0.6 is 0 Å². The van der Waals surface area contributed by atoms with Crippen LogP contribution in [0.25, 0.3) is 0 Å². The summed E-state index contributed by atoms with van der Waals surface area (Å²) in [5.74, 6) is -4.75. The molecule has 4 rings (SSSR count). The van der Waals surface area contributed by atoms with Gasteiger partial charge in [-0.1, -0.05) is 104 Å². The van der Waals surface area contributed by atoms with Gasteiger partial charge in [-0.15, -0.1) is 0 Å². The minimum Gasteiger partial charge on any atom is -0.445 e. The Labute approximate surface area is 489 Å². The van der Waals surface area contributed by atoms with Gasteiger partial charge in [-0.3, -0.25) is 53.0 Å². The first-order valence-corrected chi connectivity index (χ1v) is 29.0. The predicted octanol–water partition coefficient (Wildman–Crippen LogP) is 4.74. The molecule has 1 saturated heterocycles. The minimum atomic E-state index is -1.02. The molecular formula is C61H91N9O13. The molecule has 0 bridgehead atoms. The van der Waals surface area contributed by atoms with Crippen LogP contribution in [-0.4, -0.2) is 176 Å². The topological polar surface area (TPSA) is 272 Å². The summed E-state index contributed by atoms with van der Waals surface area (Å²) < 4.78 is 17.5. The Morgan fingerprint density at radius 2 is 1.36 bits per heavy atom. The highest BCUT2D eigenvalue weighted by molar-refractivity contribution is 6.12. The van der Waals surface area contributed by atoms with E-state index < -0.39 is 72.5 Å². The molecular weight excluding hydrogens is 1070 g/mol. The molecule has 0 aromatic heterocycles. The number of nitrogens with zero attached hydrogens (tertiary/aromatic N) is 4. The summed E-state index contributed by atoms with van der Waals surface area (Å²) in [6.45, 7) is 14.6. The number of methoxy groups -OCH3 is 2. The van der Waals surface area contributed by atoms with E-state index in [1.165, 1.54) is 36.1 Å².